The first kappa shape index (κ1) is 20.7. The summed E-state index contributed by atoms with van der Waals surface area (Å²) in [5.74, 6) is -2.43. The number of nitrogens with two attached hydrogens (primary N) is 1. The molecule has 1 aliphatic rings. The van der Waals surface area contributed by atoms with Gasteiger partial charge in [-0.25, -0.2) is 0 Å². The average Bonchev–Trinajstić information content (AvgIpc) is 2.94. The van der Waals surface area contributed by atoms with Crippen molar-refractivity contribution in [2.24, 2.45) is 5.73 Å². The highest BCUT2D eigenvalue weighted by Gasteiger charge is 2.35. The number of primary amides is 1. The minimum atomic E-state index is -0.670. The highest BCUT2D eigenvalue weighted by atomic mass is 16.2. The van der Waals surface area contributed by atoms with Crippen LogP contribution in [0.25, 0.3) is 0 Å². The van der Waals surface area contributed by atoms with Gasteiger partial charge in [0.1, 0.15) is 0 Å². The van der Waals surface area contributed by atoms with E-state index in [0.29, 0.717) is 16.8 Å². The van der Waals surface area contributed by atoms with Crippen LogP contribution >= 0.6 is 0 Å². The normalized spacial score (nSPS) is 12.5. The van der Waals surface area contributed by atoms with E-state index in [-0.39, 0.29) is 25.1 Å². The highest BCUT2D eigenvalue weighted by Crippen LogP contribution is 2.24. The minimum Gasteiger partial charge on any atom is -0.368 e. The van der Waals surface area contributed by atoms with Crippen molar-refractivity contribution in [3.8, 4) is 0 Å². The Labute approximate surface area is 172 Å². The topological polar surface area (TPSA) is 139 Å². The van der Waals surface area contributed by atoms with Crippen LogP contribution < -0.4 is 16.4 Å². The Morgan fingerprint density at radius 1 is 1.00 bits per heavy atom. The number of carbonyl (C=O) groups is 5. The molecule has 0 bridgehead atoms. The number of benzene rings is 2. The Bertz CT molecular complexity index is 1060. The predicted molar refractivity (Wildman–Crippen MR) is 108 cm³/mol. The van der Waals surface area contributed by atoms with Crippen LogP contribution in [0.2, 0.25) is 0 Å². The molecule has 0 aromatic heterocycles. The van der Waals surface area contributed by atoms with E-state index in [1.807, 2.05) is 6.92 Å². The number of aryl methyl sites for hydroxylation is 1. The molecule has 0 radical (unpaired) electrons. The van der Waals surface area contributed by atoms with Crippen molar-refractivity contribution in [2.75, 3.05) is 18.4 Å². The summed E-state index contributed by atoms with van der Waals surface area (Å²) in [4.78, 5) is 60.9. The number of hydrogen-bond acceptors (Lipinski definition) is 5. The number of fused-ring (bicyclic) bond motifs is 1. The van der Waals surface area contributed by atoms with Crippen LogP contribution in [0.1, 0.15) is 43.1 Å². The van der Waals surface area contributed by atoms with E-state index >= 15 is 0 Å². The lowest BCUT2D eigenvalue weighted by atomic mass is 10.1. The molecule has 0 unspecified atom stereocenters. The maximum Gasteiger partial charge on any atom is 0.261 e. The summed E-state index contributed by atoms with van der Waals surface area (Å²) in [6.45, 7) is 1.47. The second-order valence-electron chi connectivity index (χ2n) is 6.84. The van der Waals surface area contributed by atoms with Gasteiger partial charge < -0.3 is 16.4 Å². The summed E-state index contributed by atoms with van der Waals surface area (Å²) in [6, 6.07) is 11.2. The molecule has 9 nitrogen and oxygen atoms in total. The van der Waals surface area contributed by atoms with Gasteiger partial charge in [-0.3, -0.25) is 28.9 Å². The molecule has 1 heterocycles. The van der Waals surface area contributed by atoms with E-state index in [2.05, 4.69) is 10.6 Å². The SMILES string of the molecule is Cc1ccc2c(c1)C(=O)N(CCC(=O)Nc1cccc(C(=O)NCC(N)=O)c1)C2=O. The summed E-state index contributed by atoms with van der Waals surface area (Å²) >= 11 is 0. The molecular formula is C21H20N4O5. The number of rotatable bonds is 7. The fourth-order valence-corrected chi connectivity index (χ4v) is 3.05. The Hall–Kier alpha value is -4.01. The van der Waals surface area contributed by atoms with Gasteiger partial charge >= 0.3 is 0 Å². The summed E-state index contributed by atoms with van der Waals surface area (Å²) < 4.78 is 0. The van der Waals surface area contributed by atoms with Crippen LogP contribution in [-0.4, -0.2) is 47.5 Å². The van der Waals surface area contributed by atoms with Gasteiger partial charge in [0.05, 0.1) is 17.7 Å². The third kappa shape index (κ3) is 4.52. The lowest BCUT2D eigenvalue weighted by Crippen LogP contribution is -2.33. The van der Waals surface area contributed by atoms with Crippen molar-refractivity contribution in [2.45, 2.75) is 13.3 Å². The summed E-state index contributed by atoms with van der Waals surface area (Å²) in [6.07, 6.45) is -0.0947. The van der Waals surface area contributed by atoms with Gasteiger partial charge in [-0.1, -0.05) is 17.7 Å². The van der Waals surface area contributed by atoms with Crippen molar-refractivity contribution >= 4 is 35.2 Å². The van der Waals surface area contributed by atoms with Crippen LogP contribution in [0.15, 0.2) is 42.5 Å². The van der Waals surface area contributed by atoms with Crippen molar-refractivity contribution < 1.29 is 24.0 Å². The molecule has 30 heavy (non-hydrogen) atoms. The predicted octanol–water partition coefficient (Wildman–Crippen LogP) is 0.835. The second kappa shape index (κ2) is 8.56. The molecule has 5 amide bonds. The summed E-state index contributed by atoms with van der Waals surface area (Å²) in [5.41, 5.74) is 7.14. The fraction of sp³-hybridized carbons (Fsp3) is 0.190. The number of imide groups is 1. The van der Waals surface area contributed by atoms with Crippen LogP contribution in [0.4, 0.5) is 5.69 Å². The van der Waals surface area contributed by atoms with Gasteiger partial charge in [-0.2, -0.15) is 0 Å². The molecule has 154 valence electrons. The quantitative estimate of drug-likeness (QED) is 0.583. The van der Waals surface area contributed by atoms with Gasteiger partial charge in [0.2, 0.25) is 11.8 Å². The van der Waals surface area contributed by atoms with Crippen LogP contribution in [0.3, 0.4) is 0 Å². The molecule has 0 spiro atoms. The van der Waals surface area contributed by atoms with Gasteiger partial charge in [0.25, 0.3) is 17.7 Å². The average molecular weight is 408 g/mol. The first-order chi connectivity index (χ1) is 14.3. The maximum absolute atomic E-state index is 12.5. The number of hydrogen-bond donors (Lipinski definition) is 3. The van der Waals surface area contributed by atoms with Gasteiger partial charge in [-0.05, 0) is 37.3 Å². The van der Waals surface area contributed by atoms with E-state index < -0.39 is 29.5 Å². The van der Waals surface area contributed by atoms with Gasteiger partial charge in [0, 0.05) is 24.2 Å². The Kier molecular flexibility index (Phi) is 5.91. The second-order valence-corrected chi connectivity index (χ2v) is 6.84. The molecular weight excluding hydrogens is 388 g/mol. The summed E-state index contributed by atoms with van der Waals surface area (Å²) in [7, 11) is 0. The number of nitrogens with zero attached hydrogens (tertiary/aromatic N) is 1. The third-order valence-corrected chi connectivity index (χ3v) is 4.52. The van der Waals surface area contributed by atoms with Crippen LogP contribution in [0.5, 0.6) is 0 Å². The van der Waals surface area contributed by atoms with Gasteiger partial charge in [-0.15, -0.1) is 0 Å². The zero-order valence-electron chi connectivity index (χ0n) is 16.2. The largest absolute Gasteiger partial charge is 0.368 e. The molecule has 2 aromatic carbocycles. The van der Waals surface area contributed by atoms with Crippen LogP contribution in [0, 0.1) is 6.92 Å². The lowest BCUT2D eigenvalue weighted by molar-refractivity contribution is -0.117. The molecule has 4 N–H and O–H groups in total. The van der Waals surface area contributed by atoms with Crippen molar-refractivity contribution in [3.05, 3.63) is 64.7 Å². The number of carbonyl (C=O) groups excluding carboxylic acids is 5. The third-order valence-electron chi connectivity index (χ3n) is 4.52. The standard InChI is InChI=1S/C21H20N4O5/c1-12-5-6-15-16(9-12)21(30)25(20(15)29)8-7-18(27)24-14-4-2-3-13(10-14)19(28)23-11-17(22)26/h2-6,9-10H,7-8,11H2,1H3,(H2,22,26)(H,23,28)(H,24,27). The monoisotopic (exact) mass is 408 g/mol. The molecule has 0 saturated heterocycles. The zero-order chi connectivity index (χ0) is 21.8. The molecule has 9 heteroatoms. The minimum absolute atomic E-state index is 0.0595. The molecule has 1 aliphatic heterocycles. The number of nitrogens with one attached hydrogen (secondary N) is 2. The van der Waals surface area contributed by atoms with Crippen molar-refractivity contribution in [1.82, 2.24) is 10.2 Å². The van der Waals surface area contributed by atoms with E-state index in [1.165, 1.54) is 12.1 Å². The lowest BCUT2D eigenvalue weighted by Gasteiger charge is -2.13. The smallest absolute Gasteiger partial charge is 0.261 e. The Morgan fingerprint density at radius 3 is 2.47 bits per heavy atom. The summed E-state index contributed by atoms with van der Waals surface area (Å²) in [5, 5.41) is 4.98. The fourth-order valence-electron chi connectivity index (χ4n) is 3.05. The van der Waals surface area contributed by atoms with Crippen molar-refractivity contribution in [1.29, 1.82) is 0 Å². The van der Waals surface area contributed by atoms with E-state index in [9.17, 15) is 24.0 Å². The van der Waals surface area contributed by atoms with Crippen molar-refractivity contribution in [3.63, 3.8) is 0 Å². The Balaban J connectivity index is 1.58. The first-order valence-electron chi connectivity index (χ1n) is 9.19. The van der Waals surface area contributed by atoms with Crippen LogP contribution in [-0.2, 0) is 9.59 Å². The van der Waals surface area contributed by atoms with E-state index in [1.54, 1.807) is 30.3 Å². The Morgan fingerprint density at radius 2 is 1.73 bits per heavy atom. The number of anilines is 1. The van der Waals surface area contributed by atoms with E-state index in [4.69, 9.17) is 5.73 Å². The molecule has 0 fully saturated rings. The first-order valence-corrected chi connectivity index (χ1v) is 9.19. The van der Waals surface area contributed by atoms with Gasteiger partial charge in [0.15, 0.2) is 0 Å². The maximum atomic E-state index is 12.5. The molecule has 0 atom stereocenters. The molecule has 0 aliphatic carbocycles. The molecule has 2 aromatic rings. The number of amides is 5. The molecule has 0 saturated carbocycles. The highest BCUT2D eigenvalue weighted by molar-refractivity contribution is 6.21. The molecule has 3 rings (SSSR count). The van der Waals surface area contributed by atoms with E-state index in [0.717, 1.165) is 10.5 Å². The zero-order valence-corrected chi connectivity index (χ0v) is 16.2.